The minimum absolute atomic E-state index is 0.00635. The summed E-state index contributed by atoms with van der Waals surface area (Å²) in [6.07, 6.45) is 2.04. The Hall–Kier alpha value is -3.13. The van der Waals surface area contributed by atoms with Crippen molar-refractivity contribution in [2.45, 2.75) is 64.9 Å². The van der Waals surface area contributed by atoms with Gasteiger partial charge in [0.2, 0.25) is 0 Å². The van der Waals surface area contributed by atoms with Crippen LogP contribution in [0.3, 0.4) is 0 Å². The molecule has 3 aromatic rings. The van der Waals surface area contributed by atoms with E-state index in [-0.39, 0.29) is 38.0 Å². The van der Waals surface area contributed by atoms with Crippen LogP contribution in [-0.2, 0) is 17.4 Å². The molecule has 4 rings (SSSR count). The molecule has 0 saturated heterocycles. The molecule has 0 atom stereocenters. The van der Waals surface area contributed by atoms with Gasteiger partial charge in [0.05, 0.1) is 0 Å². The second-order valence-corrected chi connectivity index (χ2v) is 12.6. The number of halogens is 2. The van der Waals surface area contributed by atoms with Gasteiger partial charge in [0, 0.05) is 0 Å². The quantitative estimate of drug-likeness (QED) is 0.294. The Bertz CT molecular complexity index is 1430. The third-order valence-corrected chi connectivity index (χ3v) is 8.49. The van der Waals surface area contributed by atoms with Crippen molar-refractivity contribution in [3.05, 3.63) is 93.5 Å². The Morgan fingerprint density at radius 1 is 1.03 bits per heavy atom. The average Bonchev–Trinajstić information content (AvgIpc) is 2.81. The molecule has 1 aliphatic rings. The summed E-state index contributed by atoms with van der Waals surface area (Å²) < 4.78 is 35.0. The number of fused-ring (bicyclic) bond motifs is 1. The summed E-state index contributed by atoms with van der Waals surface area (Å²) in [4.78, 5) is 14.5. The molecular formula is C31H30F2O3Se. The second kappa shape index (κ2) is 10.3. The molecule has 0 radical (unpaired) electrons. The molecule has 3 aromatic carbocycles. The molecule has 0 fully saturated rings. The molecule has 0 bridgehead atoms. The molecule has 0 spiro atoms. The Morgan fingerprint density at radius 2 is 1.76 bits per heavy atom. The van der Waals surface area contributed by atoms with Gasteiger partial charge in [0.25, 0.3) is 0 Å². The molecule has 0 amide bonds. The first-order valence-corrected chi connectivity index (χ1v) is 13.9. The fraction of sp³-hybridized carbons (Fsp3) is 0.323. The maximum absolute atomic E-state index is 14.3. The molecule has 6 heteroatoms. The first kappa shape index (κ1) is 26.9. The third kappa shape index (κ3) is 5.90. The Morgan fingerprint density at radius 3 is 2.43 bits per heavy atom. The third-order valence-electron chi connectivity index (χ3n) is 7.08. The number of carboxylic acid groups (broad SMARTS) is 1. The number of carboxylic acids is 1. The van der Waals surface area contributed by atoms with E-state index in [9.17, 15) is 18.7 Å². The van der Waals surface area contributed by atoms with E-state index in [4.69, 9.17) is 4.74 Å². The molecule has 0 aromatic heterocycles. The van der Waals surface area contributed by atoms with Gasteiger partial charge in [0.15, 0.2) is 0 Å². The zero-order valence-corrected chi connectivity index (χ0v) is 23.4. The summed E-state index contributed by atoms with van der Waals surface area (Å²) in [6.45, 7) is 10.7. The number of aryl methyl sites for hydroxylation is 1. The summed E-state index contributed by atoms with van der Waals surface area (Å²) in [5.74, 6) is 1.70. The van der Waals surface area contributed by atoms with Crippen LogP contribution in [0.5, 0.6) is 5.75 Å². The van der Waals surface area contributed by atoms with E-state index >= 15 is 0 Å². The molecule has 192 valence electrons. The molecule has 0 aliphatic heterocycles. The molecule has 1 aliphatic carbocycles. The predicted octanol–water partition coefficient (Wildman–Crippen LogP) is 6.24. The average molecular weight is 568 g/mol. The van der Waals surface area contributed by atoms with E-state index in [1.807, 2.05) is 6.07 Å². The zero-order valence-electron chi connectivity index (χ0n) is 21.7. The van der Waals surface area contributed by atoms with Crippen molar-refractivity contribution < 1.29 is 23.4 Å². The topological polar surface area (TPSA) is 46.5 Å². The van der Waals surface area contributed by atoms with E-state index in [2.05, 4.69) is 44.5 Å². The van der Waals surface area contributed by atoms with Crippen LogP contribution in [0.15, 0.2) is 48.5 Å². The number of carbonyl (C=O) groups is 1. The summed E-state index contributed by atoms with van der Waals surface area (Å²) in [5.41, 5.74) is 4.23. The fourth-order valence-corrected chi connectivity index (χ4v) is 6.12. The monoisotopic (exact) mass is 568 g/mol. The SMILES string of the molecule is Cc1cc(C#C[Se]c2cc(OCc3ccc(F)cc3F)c3c(c2)C(C)(C)CCC3(C)C)ccc1C(=O)O. The summed E-state index contributed by atoms with van der Waals surface area (Å²) >= 11 is -0.189. The van der Waals surface area contributed by atoms with Gasteiger partial charge in [-0.25, -0.2) is 0 Å². The Kier molecular flexibility index (Phi) is 7.51. The van der Waals surface area contributed by atoms with E-state index < -0.39 is 17.6 Å². The summed E-state index contributed by atoms with van der Waals surface area (Å²) in [5, 5.41) is 9.24. The van der Waals surface area contributed by atoms with Crippen LogP contribution >= 0.6 is 0 Å². The first-order valence-electron chi connectivity index (χ1n) is 12.1. The molecular weight excluding hydrogens is 537 g/mol. The minimum atomic E-state index is -0.950. The van der Waals surface area contributed by atoms with Crippen molar-refractivity contribution in [1.82, 2.24) is 0 Å². The van der Waals surface area contributed by atoms with Crippen LogP contribution in [0.1, 0.15) is 78.7 Å². The van der Waals surface area contributed by atoms with Gasteiger partial charge in [-0.2, -0.15) is 0 Å². The molecule has 3 nitrogen and oxygen atoms in total. The van der Waals surface area contributed by atoms with Crippen molar-refractivity contribution in [3.63, 3.8) is 0 Å². The van der Waals surface area contributed by atoms with Gasteiger partial charge in [-0.3, -0.25) is 0 Å². The first-order chi connectivity index (χ1) is 17.4. The predicted molar refractivity (Wildman–Crippen MR) is 143 cm³/mol. The van der Waals surface area contributed by atoms with Gasteiger partial charge in [-0.05, 0) is 0 Å². The molecule has 0 saturated carbocycles. The van der Waals surface area contributed by atoms with Gasteiger partial charge in [0.1, 0.15) is 0 Å². The van der Waals surface area contributed by atoms with Crippen LogP contribution in [0, 0.1) is 29.3 Å². The van der Waals surface area contributed by atoms with Gasteiger partial charge < -0.3 is 0 Å². The van der Waals surface area contributed by atoms with Crippen LogP contribution in [0.2, 0.25) is 0 Å². The van der Waals surface area contributed by atoms with E-state index in [1.54, 1.807) is 25.1 Å². The molecule has 0 heterocycles. The van der Waals surface area contributed by atoms with E-state index in [0.717, 1.165) is 40.2 Å². The zero-order chi connectivity index (χ0) is 27.0. The number of hydrogen-bond acceptors (Lipinski definition) is 2. The number of aromatic carboxylic acids is 1. The number of benzene rings is 3. The van der Waals surface area contributed by atoms with Crippen LogP contribution in [-0.4, -0.2) is 26.0 Å². The van der Waals surface area contributed by atoms with Crippen molar-refractivity contribution in [1.29, 1.82) is 0 Å². The van der Waals surface area contributed by atoms with Crippen LogP contribution < -0.4 is 9.20 Å². The van der Waals surface area contributed by atoms with Gasteiger partial charge >= 0.3 is 224 Å². The summed E-state index contributed by atoms with van der Waals surface area (Å²) in [6, 6.07) is 12.9. The fourth-order valence-electron chi connectivity index (χ4n) is 4.80. The molecule has 1 N–H and O–H groups in total. The van der Waals surface area contributed by atoms with Crippen LogP contribution in [0.25, 0.3) is 0 Å². The van der Waals surface area contributed by atoms with E-state index in [1.165, 1.54) is 17.7 Å². The number of ether oxygens (including phenoxy) is 1. The maximum atomic E-state index is 14.3. The normalized spacial score (nSPS) is 15.3. The second-order valence-electron chi connectivity index (χ2n) is 10.8. The van der Waals surface area contributed by atoms with Crippen molar-refractivity contribution in [2.24, 2.45) is 0 Å². The Balaban J connectivity index is 1.69. The van der Waals surface area contributed by atoms with E-state index in [0.29, 0.717) is 11.1 Å². The number of hydrogen-bond donors (Lipinski definition) is 1. The van der Waals surface area contributed by atoms with Crippen molar-refractivity contribution in [2.75, 3.05) is 0 Å². The molecule has 0 unspecified atom stereocenters. The van der Waals surface area contributed by atoms with Gasteiger partial charge in [-0.1, -0.05) is 0 Å². The van der Waals surface area contributed by atoms with Gasteiger partial charge in [-0.15, -0.1) is 0 Å². The molecule has 37 heavy (non-hydrogen) atoms. The standard InChI is InChI=1S/C31H30F2O3Se/c1-19-14-20(6-9-24(19)29(34)35)10-13-37-23-16-25-28(31(4,5)12-11-30(25,2)3)27(17-23)36-18-21-7-8-22(32)15-26(21)33/h6-9,14-17H,11-12,18H2,1-5H3,(H,34,35). The Labute approximate surface area is 223 Å². The van der Waals surface area contributed by atoms with Crippen molar-refractivity contribution in [3.8, 4) is 16.5 Å². The van der Waals surface area contributed by atoms with Crippen LogP contribution in [0.4, 0.5) is 8.78 Å². The van der Waals surface area contributed by atoms with Crippen molar-refractivity contribution >= 4 is 25.4 Å². The summed E-state index contributed by atoms with van der Waals surface area (Å²) in [7, 11) is 0. The number of rotatable bonds is 5.